The predicted molar refractivity (Wildman–Crippen MR) is 126 cm³/mol. The molecule has 0 bridgehead atoms. The zero-order chi connectivity index (χ0) is 22.4. The number of alkyl halides is 3. The minimum Gasteiger partial charge on any atom is -0.491 e. The molecule has 1 aromatic heterocycles. The van der Waals surface area contributed by atoms with Crippen LogP contribution in [0.2, 0.25) is 0 Å². The highest BCUT2D eigenvalue weighted by atomic mass is 127. The summed E-state index contributed by atoms with van der Waals surface area (Å²) in [6.07, 6.45) is -3.12. The first-order chi connectivity index (χ1) is 14.8. The highest BCUT2D eigenvalue weighted by Crippen LogP contribution is 2.34. The summed E-state index contributed by atoms with van der Waals surface area (Å²) in [5.41, 5.74) is 0.320. The molecule has 3 rings (SSSR count). The Morgan fingerprint density at radius 1 is 1.22 bits per heavy atom. The normalized spacial score (nSPS) is 15.6. The average molecular weight is 567 g/mol. The van der Waals surface area contributed by atoms with Gasteiger partial charge in [0.05, 0.1) is 17.4 Å². The molecule has 1 aliphatic heterocycles. The van der Waals surface area contributed by atoms with Gasteiger partial charge in [-0.15, -0.1) is 24.0 Å². The van der Waals surface area contributed by atoms with Crippen molar-refractivity contribution in [3.8, 4) is 5.75 Å². The van der Waals surface area contributed by atoms with Gasteiger partial charge in [-0.3, -0.25) is 9.89 Å². The molecule has 2 aromatic rings. The molecule has 0 unspecified atom stereocenters. The third-order valence-electron chi connectivity index (χ3n) is 4.96. The molecule has 32 heavy (non-hydrogen) atoms. The van der Waals surface area contributed by atoms with E-state index in [-0.39, 0.29) is 47.9 Å². The van der Waals surface area contributed by atoms with Gasteiger partial charge >= 0.3 is 6.18 Å². The molecule has 1 aliphatic rings. The Morgan fingerprint density at radius 3 is 2.50 bits per heavy atom. The lowest BCUT2D eigenvalue weighted by Gasteiger charge is -2.36. The summed E-state index contributed by atoms with van der Waals surface area (Å²) in [6.45, 7) is 7.29. The van der Waals surface area contributed by atoms with Gasteiger partial charge in [-0.05, 0) is 31.5 Å². The van der Waals surface area contributed by atoms with Crippen molar-refractivity contribution in [3.05, 3.63) is 47.3 Å². The second kappa shape index (κ2) is 11.7. The maximum absolute atomic E-state index is 13.6. The van der Waals surface area contributed by atoms with Gasteiger partial charge in [-0.1, -0.05) is 11.2 Å². The van der Waals surface area contributed by atoms with E-state index >= 15 is 0 Å². The van der Waals surface area contributed by atoms with Crippen molar-refractivity contribution in [2.24, 2.45) is 4.99 Å². The molecule has 11 heteroatoms. The Bertz CT molecular complexity index is 867. The molecular formula is C21H29F3IN5O2. The molecule has 0 radical (unpaired) electrons. The molecule has 0 aliphatic carbocycles. The van der Waals surface area contributed by atoms with Crippen molar-refractivity contribution >= 4 is 29.9 Å². The fourth-order valence-electron chi connectivity index (χ4n) is 3.49. The number of halogens is 4. The predicted octanol–water partition coefficient (Wildman–Crippen LogP) is 3.99. The first kappa shape index (κ1) is 26.2. The van der Waals surface area contributed by atoms with Crippen molar-refractivity contribution in [2.45, 2.75) is 39.2 Å². The first-order valence-electron chi connectivity index (χ1n) is 10.2. The number of nitrogens with zero attached hydrogens (tertiary/aromatic N) is 4. The largest absolute Gasteiger partial charge is 0.491 e. The maximum atomic E-state index is 13.6. The standard InChI is InChI=1S/C21H28F3N5O2.HI/c1-15(2)31-18-5-4-16(19(12-18)21(22,23)24)13-26-20(25-3)29-9-7-28(8-10-29)14-17-6-11-30-27-17;/h4-6,11-12,15H,7-10,13-14H2,1-3H3,(H,25,26);1H. The summed E-state index contributed by atoms with van der Waals surface area (Å²) in [6, 6.07) is 5.92. The minimum atomic E-state index is -4.47. The summed E-state index contributed by atoms with van der Waals surface area (Å²) in [7, 11) is 1.63. The number of guanidine groups is 1. The van der Waals surface area contributed by atoms with Gasteiger partial charge in [0.2, 0.25) is 0 Å². The van der Waals surface area contributed by atoms with Crippen LogP contribution >= 0.6 is 24.0 Å². The molecule has 178 valence electrons. The second-order valence-corrected chi connectivity index (χ2v) is 7.64. The van der Waals surface area contributed by atoms with Crippen molar-refractivity contribution in [3.63, 3.8) is 0 Å². The summed E-state index contributed by atoms with van der Waals surface area (Å²) in [5.74, 6) is 0.787. The topological polar surface area (TPSA) is 66.1 Å². The molecule has 2 heterocycles. The molecule has 1 N–H and O–H groups in total. The molecular weight excluding hydrogens is 538 g/mol. The van der Waals surface area contributed by atoms with Crippen LogP contribution in [0.25, 0.3) is 0 Å². The van der Waals surface area contributed by atoms with E-state index in [1.54, 1.807) is 33.2 Å². The number of ether oxygens (including phenoxy) is 1. The van der Waals surface area contributed by atoms with Crippen molar-refractivity contribution in [2.75, 3.05) is 33.2 Å². The Kier molecular flexibility index (Phi) is 9.62. The summed E-state index contributed by atoms with van der Waals surface area (Å²) in [5, 5.41) is 7.00. The molecule has 0 saturated carbocycles. The summed E-state index contributed by atoms with van der Waals surface area (Å²) >= 11 is 0. The number of hydrogen-bond donors (Lipinski definition) is 1. The van der Waals surface area contributed by atoms with E-state index in [4.69, 9.17) is 9.26 Å². The Hall–Kier alpha value is -2.02. The number of benzene rings is 1. The van der Waals surface area contributed by atoms with Gasteiger partial charge in [0.25, 0.3) is 0 Å². The maximum Gasteiger partial charge on any atom is 0.416 e. The summed E-state index contributed by atoms with van der Waals surface area (Å²) < 4.78 is 51.0. The molecule has 0 spiro atoms. The van der Waals surface area contributed by atoms with Crippen LogP contribution in [0, 0.1) is 0 Å². The molecule has 1 aromatic carbocycles. The molecule has 1 fully saturated rings. The molecule has 7 nitrogen and oxygen atoms in total. The number of hydrogen-bond acceptors (Lipinski definition) is 5. The highest BCUT2D eigenvalue weighted by molar-refractivity contribution is 14.0. The van der Waals surface area contributed by atoms with Crippen molar-refractivity contribution < 1.29 is 22.4 Å². The lowest BCUT2D eigenvalue weighted by atomic mass is 10.1. The van der Waals surface area contributed by atoms with Crippen LogP contribution in [-0.4, -0.2) is 60.2 Å². The number of aliphatic imine (C=N–C) groups is 1. The zero-order valence-corrected chi connectivity index (χ0v) is 20.7. The van der Waals surface area contributed by atoms with Crippen LogP contribution < -0.4 is 10.1 Å². The van der Waals surface area contributed by atoms with E-state index in [9.17, 15) is 13.2 Å². The Labute approximate surface area is 203 Å². The number of aromatic nitrogens is 1. The number of nitrogens with one attached hydrogen (secondary N) is 1. The second-order valence-electron chi connectivity index (χ2n) is 7.64. The first-order valence-corrected chi connectivity index (χ1v) is 10.2. The quantitative estimate of drug-likeness (QED) is 0.324. The fourth-order valence-corrected chi connectivity index (χ4v) is 3.49. The number of rotatable bonds is 6. The van der Waals surface area contributed by atoms with Crippen molar-refractivity contribution in [1.82, 2.24) is 20.3 Å². The monoisotopic (exact) mass is 567 g/mol. The van der Waals surface area contributed by atoms with Crippen LogP contribution in [0.4, 0.5) is 13.2 Å². The van der Waals surface area contributed by atoms with E-state index in [2.05, 4.69) is 20.4 Å². The van der Waals surface area contributed by atoms with Gasteiger partial charge < -0.3 is 19.5 Å². The van der Waals surface area contributed by atoms with Crippen LogP contribution in [0.3, 0.4) is 0 Å². The van der Waals surface area contributed by atoms with E-state index in [0.29, 0.717) is 25.6 Å². The third-order valence-corrected chi connectivity index (χ3v) is 4.96. The van der Waals surface area contributed by atoms with Crippen LogP contribution in [0.5, 0.6) is 5.75 Å². The van der Waals surface area contributed by atoms with Crippen LogP contribution in [-0.2, 0) is 19.3 Å². The van der Waals surface area contributed by atoms with Crippen LogP contribution in [0.1, 0.15) is 30.7 Å². The van der Waals surface area contributed by atoms with Crippen LogP contribution in [0.15, 0.2) is 40.0 Å². The lowest BCUT2D eigenvalue weighted by molar-refractivity contribution is -0.138. The summed E-state index contributed by atoms with van der Waals surface area (Å²) in [4.78, 5) is 8.55. The molecule has 0 atom stereocenters. The lowest BCUT2D eigenvalue weighted by Crippen LogP contribution is -2.52. The minimum absolute atomic E-state index is 0. The molecule has 1 saturated heterocycles. The van der Waals surface area contributed by atoms with Crippen molar-refractivity contribution in [1.29, 1.82) is 0 Å². The fraction of sp³-hybridized carbons (Fsp3) is 0.524. The van der Waals surface area contributed by atoms with E-state index in [1.165, 1.54) is 6.07 Å². The third kappa shape index (κ3) is 7.26. The smallest absolute Gasteiger partial charge is 0.416 e. The Morgan fingerprint density at radius 2 is 1.94 bits per heavy atom. The van der Waals surface area contributed by atoms with Gasteiger partial charge in [-0.25, -0.2) is 0 Å². The number of piperazine rings is 1. The molecule has 0 amide bonds. The van der Waals surface area contributed by atoms with Gasteiger partial charge in [-0.2, -0.15) is 13.2 Å². The average Bonchev–Trinajstić information content (AvgIpc) is 3.22. The zero-order valence-electron chi connectivity index (χ0n) is 18.4. The van der Waals surface area contributed by atoms with E-state index in [0.717, 1.165) is 24.8 Å². The van der Waals surface area contributed by atoms with Gasteiger partial charge in [0.15, 0.2) is 5.96 Å². The SMILES string of the molecule is CN=C(NCc1ccc(OC(C)C)cc1C(F)(F)F)N1CCN(Cc2ccon2)CC1.I. The highest BCUT2D eigenvalue weighted by Gasteiger charge is 2.34. The van der Waals surface area contributed by atoms with Gasteiger partial charge in [0.1, 0.15) is 12.0 Å². The van der Waals surface area contributed by atoms with Gasteiger partial charge in [0, 0.05) is 52.4 Å². The van der Waals surface area contributed by atoms with E-state index in [1.807, 2.05) is 11.0 Å². The van der Waals surface area contributed by atoms with E-state index < -0.39 is 11.7 Å². The Balaban J connectivity index is 0.00000363.